The summed E-state index contributed by atoms with van der Waals surface area (Å²) >= 11 is 0. The maximum atomic E-state index is 11.9. The Balaban J connectivity index is 2.02. The molecule has 0 amide bonds. The summed E-state index contributed by atoms with van der Waals surface area (Å²) in [7, 11) is 0. The van der Waals surface area contributed by atoms with Crippen molar-refractivity contribution >= 4 is 5.78 Å². The average Bonchev–Trinajstić information content (AvgIpc) is 2.48. The van der Waals surface area contributed by atoms with Crippen LogP contribution in [0.1, 0.15) is 43.2 Å². The van der Waals surface area contributed by atoms with Crippen LogP contribution in [0.3, 0.4) is 0 Å². The van der Waals surface area contributed by atoms with Crippen molar-refractivity contribution in [3.63, 3.8) is 0 Å². The van der Waals surface area contributed by atoms with Crippen LogP contribution in [0.5, 0.6) is 0 Å². The Morgan fingerprint density at radius 3 is 2.62 bits per heavy atom. The summed E-state index contributed by atoms with van der Waals surface area (Å²) in [5, 5.41) is 0. The minimum absolute atomic E-state index is 0.283. The molecule has 1 fully saturated rings. The Bertz CT molecular complexity index is 350. The molecule has 0 bridgehead atoms. The van der Waals surface area contributed by atoms with Crippen LogP contribution in [0.4, 0.5) is 0 Å². The minimum atomic E-state index is 0.283. The molecule has 0 aliphatic heterocycles. The van der Waals surface area contributed by atoms with Crippen molar-refractivity contribution in [1.82, 2.24) is 0 Å². The van der Waals surface area contributed by atoms with Crippen LogP contribution in [0.25, 0.3) is 0 Å². The normalized spacial score (nSPS) is 21.8. The predicted octanol–water partition coefficient (Wildman–Crippen LogP) is 3.69. The first-order chi connectivity index (χ1) is 7.75. The number of Topliss-reactive ketones (excluding diaryl/α,β-unsaturated/α-hetero) is 1. The molecule has 0 saturated heterocycles. The van der Waals surface area contributed by atoms with Gasteiger partial charge in [-0.2, -0.15) is 0 Å². The molecule has 0 aromatic heterocycles. The SMILES string of the molecule is Cc1ccc(CC2CCCCCC2=O)cc1. The summed E-state index contributed by atoms with van der Waals surface area (Å²) in [5.41, 5.74) is 2.60. The molecule has 0 N–H and O–H groups in total. The second-order valence-electron chi connectivity index (χ2n) is 4.95. The minimum Gasteiger partial charge on any atom is -0.299 e. The lowest BCUT2D eigenvalue weighted by Crippen LogP contribution is -2.15. The van der Waals surface area contributed by atoms with Gasteiger partial charge in [0.2, 0.25) is 0 Å². The van der Waals surface area contributed by atoms with E-state index in [1.165, 1.54) is 24.0 Å². The Hall–Kier alpha value is -1.11. The van der Waals surface area contributed by atoms with E-state index in [0.717, 1.165) is 25.7 Å². The van der Waals surface area contributed by atoms with Crippen molar-refractivity contribution in [2.24, 2.45) is 5.92 Å². The molecule has 1 aromatic rings. The van der Waals surface area contributed by atoms with E-state index in [1.807, 2.05) is 0 Å². The quantitative estimate of drug-likeness (QED) is 0.689. The highest BCUT2D eigenvalue weighted by Gasteiger charge is 2.20. The second kappa shape index (κ2) is 5.29. The molecule has 1 aliphatic carbocycles. The van der Waals surface area contributed by atoms with Crippen LogP contribution in [-0.4, -0.2) is 5.78 Å². The fraction of sp³-hybridized carbons (Fsp3) is 0.533. The third-order valence-electron chi connectivity index (χ3n) is 3.53. The lowest BCUT2D eigenvalue weighted by atomic mass is 9.91. The number of ketones is 1. The topological polar surface area (TPSA) is 17.1 Å². The van der Waals surface area contributed by atoms with Gasteiger partial charge in [-0.15, -0.1) is 0 Å². The first-order valence-corrected chi connectivity index (χ1v) is 6.34. The van der Waals surface area contributed by atoms with E-state index >= 15 is 0 Å². The third kappa shape index (κ3) is 2.94. The first kappa shape index (κ1) is 11.4. The monoisotopic (exact) mass is 216 g/mol. The number of carbonyl (C=O) groups excluding carboxylic acids is 1. The van der Waals surface area contributed by atoms with E-state index in [9.17, 15) is 4.79 Å². The van der Waals surface area contributed by atoms with E-state index in [1.54, 1.807) is 0 Å². The van der Waals surface area contributed by atoms with E-state index in [2.05, 4.69) is 31.2 Å². The highest BCUT2D eigenvalue weighted by molar-refractivity contribution is 5.81. The molecule has 16 heavy (non-hydrogen) atoms. The summed E-state index contributed by atoms with van der Waals surface area (Å²) in [6.07, 6.45) is 6.39. The van der Waals surface area contributed by atoms with Gasteiger partial charge in [0, 0.05) is 12.3 Å². The second-order valence-corrected chi connectivity index (χ2v) is 4.95. The zero-order valence-corrected chi connectivity index (χ0v) is 10.0. The van der Waals surface area contributed by atoms with Gasteiger partial charge >= 0.3 is 0 Å². The van der Waals surface area contributed by atoms with Crippen LogP contribution >= 0.6 is 0 Å². The van der Waals surface area contributed by atoms with Crippen LogP contribution < -0.4 is 0 Å². The average molecular weight is 216 g/mol. The van der Waals surface area contributed by atoms with Gasteiger partial charge in [-0.05, 0) is 31.7 Å². The molecule has 1 nitrogen and oxygen atoms in total. The maximum Gasteiger partial charge on any atom is 0.136 e. The molecule has 1 heteroatoms. The number of hydrogen-bond donors (Lipinski definition) is 0. The van der Waals surface area contributed by atoms with Gasteiger partial charge in [0.1, 0.15) is 5.78 Å². The van der Waals surface area contributed by atoms with E-state index in [-0.39, 0.29) is 5.92 Å². The molecular weight excluding hydrogens is 196 g/mol. The molecule has 86 valence electrons. The van der Waals surface area contributed by atoms with Crippen molar-refractivity contribution < 1.29 is 4.79 Å². The van der Waals surface area contributed by atoms with Gasteiger partial charge in [0.25, 0.3) is 0 Å². The third-order valence-corrected chi connectivity index (χ3v) is 3.53. The smallest absolute Gasteiger partial charge is 0.136 e. The van der Waals surface area contributed by atoms with Gasteiger partial charge in [-0.25, -0.2) is 0 Å². The number of carbonyl (C=O) groups is 1. The molecule has 0 spiro atoms. The Labute approximate surface area is 97.9 Å². The van der Waals surface area contributed by atoms with Gasteiger partial charge in [0.05, 0.1) is 0 Å². The van der Waals surface area contributed by atoms with Gasteiger partial charge in [-0.3, -0.25) is 4.79 Å². The lowest BCUT2D eigenvalue weighted by Gasteiger charge is -2.12. The zero-order chi connectivity index (χ0) is 11.4. The zero-order valence-electron chi connectivity index (χ0n) is 10.0. The molecule has 1 aromatic carbocycles. The molecule has 1 saturated carbocycles. The molecule has 0 heterocycles. The number of aryl methyl sites for hydroxylation is 1. The maximum absolute atomic E-state index is 11.9. The van der Waals surface area contributed by atoms with Crippen molar-refractivity contribution in [3.05, 3.63) is 35.4 Å². The van der Waals surface area contributed by atoms with Crippen molar-refractivity contribution in [2.75, 3.05) is 0 Å². The first-order valence-electron chi connectivity index (χ1n) is 6.34. The standard InChI is InChI=1S/C15H20O/c1-12-7-9-13(10-8-12)11-14-5-3-2-4-6-15(14)16/h7-10,14H,2-6,11H2,1H3. The summed E-state index contributed by atoms with van der Waals surface area (Å²) in [6, 6.07) is 8.59. The van der Waals surface area contributed by atoms with Gasteiger partial charge in [-0.1, -0.05) is 42.7 Å². The molecule has 1 aliphatic rings. The Morgan fingerprint density at radius 1 is 1.12 bits per heavy atom. The molecule has 1 unspecified atom stereocenters. The summed E-state index contributed by atoms with van der Waals surface area (Å²) < 4.78 is 0. The predicted molar refractivity (Wildman–Crippen MR) is 66.5 cm³/mol. The van der Waals surface area contributed by atoms with Crippen LogP contribution in [-0.2, 0) is 11.2 Å². The Kier molecular flexibility index (Phi) is 3.76. The summed E-state index contributed by atoms with van der Waals surface area (Å²) in [6.45, 7) is 2.10. The van der Waals surface area contributed by atoms with Gasteiger partial charge in [0.15, 0.2) is 0 Å². The van der Waals surface area contributed by atoms with Gasteiger partial charge < -0.3 is 0 Å². The molecule has 0 radical (unpaired) electrons. The van der Waals surface area contributed by atoms with E-state index < -0.39 is 0 Å². The highest BCUT2D eigenvalue weighted by atomic mass is 16.1. The number of benzene rings is 1. The van der Waals surface area contributed by atoms with Crippen molar-refractivity contribution in [2.45, 2.75) is 45.4 Å². The van der Waals surface area contributed by atoms with Crippen LogP contribution in [0, 0.1) is 12.8 Å². The van der Waals surface area contributed by atoms with Crippen molar-refractivity contribution in [1.29, 1.82) is 0 Å². The molecular formula is C15H20O. The fourth-order valence-electron chi connectivity index (χ4n) is 2.46. The number of hydrogen-bond acceptors (Lipinski definition) is 1. The number of rotatable bonds is 2. The van der Waals surface area contributed by atoms with Crippen LogP contribution in [0.15, 0.2) is 24.3 Å². The van der Waals surface area contributed by atoms with Crippen LogP contribution in [0.2, 0.25) is 0 Å². The lowest BCUT2D eigenvalue weighted by molar-refractivity contribution is -0.122. The van der Waals surface area contributed by atoms with E-state index in [4.69, 9.17) is 0 Å². The molecule has 2 rings (SSSR count). The molecule has 1 atom stereocenters. The van der Waals surface area contributed by atoms with Crippen molar-refractivity contribution in [3.8, 4) is 0 Å². The summed E-state index contributed by atoms with van der Waals surface area (Å²) in [5.74, 6) is 0.767. The van der Waals surface area contributed by atoms with E-state index in [0.29, 0.717) is 5.78 Å². The largest absolute Gasteiger partial charge is 0.299 e. The Morgan fingerprint density at radius 2 is 1.88 bits per heavy atom. The fourth-order valence-corrected chi connectivity index (χ4v) is 2.46. The highest BCUT2D eigenvalue weighted by Crippen LogP contribution is 2.23. The summed E-state index contributed by atoms with van der Waals surface area (Å²) in [4.78, 5) is 11.9.